The van der Waals surface area contributed by atoms with Crippen LogP contribution >= 0.6 is 11.3 Å². The molecule has 172 valence electrons. The Morgan fingerprint density at radius 2 is 1.85 bits per heavy atom. The van der Waals surface area contributed by atoms with Crippen LogP contribution in [-0.4, -0.2) is 22.9 Å². The molecule has 0 atom stereocenters. The van der Waals surface area contributed by atoms with E-state index in [1.54, 1.807) is 0 Å². The molecule has 2 aromatic carbocycles. The van der Waals surface area contributed by atoms with E-state index in [0.717, 1.165) is 28.4 Å². The van der Waals surface area contributed by atoms with Crippen LogP contribution in [0.25, 0.3) is 0 Å². The van der Waals surface area contributed by atoms with Crippen LogP contribution in [0.4, 0.5) is 34.5 Å². The fourth-order valence-electron chi connectivity index (χ4n) is 2.77. The number of carbonyl (C=O) groups is 3. The van der Waals surface area contributed by atoms with Crippen LogP contribution in [0, 0.1) is 0 Å². The highest BCUT2D eigenvalue weighted by Crippen LogP contribution is 2.35. The highest BCUT2D eigenvalue weighted by atomic mass is 32.1. The Balaban J connectivity index is 1.71. The van der Waals surface area contributed by atoms with Gasteiger partial charge in [-0.15, -0.1) is 11.3 Å². The predicted molar refractivity (Wildman–Crippen MR) is 115 cm³/mol. The van der Waals surface area contributed by atoms with Crippen LogP contribution < -0.4 is 16.0 Å². The van der Waals surface area contributed by atoms with Gasteiger partial charge in [0.1, 0.15) is 6.61 Å². The smallest absolute Gasteiger partial charge is 0.416 e. The third-order valence-electron chi connectivity index (χ3n) is 4.22. The van der Waals surface area contributed by atoms with Crippen molar-refractivity contribution >= 4 is 45.8 Å². The van der Waals surface area contributed by atoms with Gasteiger partial charge in [0.25, 0.3) is 0 Å². The van der Waals surface area contributed by atoms with E-state index in [2.05, 4.69) is 10.3 Å². The first-order valence-corrected chi connectivity index (χ1v) is 10.2. The summed E-state index contributed by atoms with van der Waals surface area (Å²) in [7, 11) is 0. The molecule has 0 radical (unpaired) electrons. The molecule has 1 heterocycles. The van der Waals surface area contributed by atoms with Gasteiger partial charge < -0.3 is 15.8 Å². The van der Waals surface area contributed by atoms with Crippen molar-refractivity contribution in [2.75, 3.05) is 10.2 Å². The minimum atomic E-state index is -4.56. The minimum absolute atomic E-state index is 0.0138. The number of halogens is 3. The van der Waals surface area contributed by atoms with Crippen molar-refractivity contribution in [2.24, 2.45) is 5.73 Å². The maximum Gasteiger partial charge on any atom is 0.416 e. The van der Waals surface area contributed by atoms with E-state index in [1.165, 1.54) is 48.7 Å². The van der Waals surface area contributed by atoms with Gasteiger partial charge in [0.15, 0.2) is 5.13 Å². The van der Waals surface area contributed by atoms with Crippen molar-refractivity contribution in [2.45, 2.75) is 19.7 Å². The number of nitrogens with zero attached hydrogens (tertiary/aromatic N) is 2. The first-order valence-electron chi connectivity index (χ1n) is 9.30. The number of amides is 3. The fraction of sp³-hybridized carbons (Fsp3) is 0.143. The number of thiazole rings is 1. The lowest BCUT2D eigenvalue weighted by Gasteiger charge is -2.19. The van der Waals surface area contributed by atoms with Crippen molar-refractivity contribution < 1.29 is 32.3 Å². The molecule has 33 heavy (non-hydrogen) atoms. The Labute approximate surface area is 189 Å². The van der Waals surface area contributed by atoms with Gasteiger partial charge in [-0.25, -0.2) is 14.6 Å². The predicted octanol–water partition coefficient (Wildman–Crippen LogP) is 4.69. The number of anilines is 3. The molecule has 0 bridgehead atoms. The number of aromatic nitrogens is 1. The Hall–Kier alpha value is -3.93. The second-order valence-corrected chi connectivity index (χ2v) is 7.50. The molecular formula is C21H17F3N4O4S. The molecule has 0 saturated carbocycles. The maximum atomic E-state index is 13.0. The summed E-state index contributed by atoms with van der Waals surface area (Å²) in [5, 5.41) is 4.03. The summed E-state index contributed by atoms with van der Waals surface area (Å²) in [5.74, 6) is -1.19. The number of urea groups is 1. The van der Waals surface area contributed by atoms with E-state index < -0.39 is 29.6 Å². The molecule has 0 aliphatic carbocycles. The summed E-state index contributed by atoms with van der Waals surface area (Å²) < 4.78 is 44.3. The number of carbonyl (C=O) groups excluding carboxylic acids is 3. The SMILES string of the molecule is CC(=O)N(c1cccc(C(F)(F)F)c1)c1nc(COC(=O)c2ccc(NC(N)=O)cc2)cs1. The largest absolute Gasteiger partial charge is 0.456 e. The zero-order chi connectivity index (χ0) is 24.2. The molecule has 0 unspecified atom stereocenters. The lowest BCUT2D eigenvalue weighted by Crippen LogP contribution is -2.23. The Bertz CT molecular complexity index is 1180. The highest BCUT2D eigenvalue weighted by Gasteiger charge is 2.31. The number of ether oxygens (including phenoxy) is 1. The van der Waals surface area contributed by atoms with Crippen LogP contribution in [-0.2, 0) is 22.3 Å². The molecule has 0 saturated heterocycles. The molecule has 3 rings (SSSR count). The van der Waals surface area contributed by atoms with E-state index in [1.807, 2.05) is 0 Å². The van der Waals surface area contributed by atoms with Gasteiger partial charge >= 0.3 is 18.2 Å². The number of nitrogens with two attached hydrogens (primary N) is 1. The van der Waals surface area contributed by atoms with Crippen LogP contribution in [0.2, 0.25) is 0 Å². The summed E-state index contributed by atoms with van der Waals surface area (Å²) in [6, 6.07) is 9.42. The topological polar surface area (TPSA) is 115 Å². The molecule has 1 aromatic heterocycles. The zero-order valence-electron chi connectivity index (χ0n) is 17.1. The average Bonchev–Trinajstić information content (AvgIpc) is 3.20. The monoisotopic (exact) mass is 478 g/mol. The minimum Gasteiger partial charge on any atom is -0.456 e. The lowest BCUT2D eigenvalue weighted by atomic mass is 10.2. The number of primary amides is 1. The number of hydrogen-bond donors (Lipinski definition) is 2. The molecular weight excluding hydrogens is 461 g/mol. The molecule has 12 heteroatoms. The molecule has 0 fully saturated rings. The number of esters is 1. The van der Waals surface area contributed by atoms with Crippen molar-refractivity contribution in [3.63, 3.8) is 0 Å². The van der Waals surface area contributed by atoms with Crippen LogP contribution in [0.3, 0.4) is 0 Å². The molecule has 3 aromatic rings. The van der Waals surface area contributed by atoms with Crippen LogP contribution in [0.15, 0.2) is 53.9 Å². The molecule has 0 aliphatic rings. The zero-order valence-corrected chi connectivity index (χ0v) is 17.9. The second-order valence-electron chi connectivity index (χ2n) is 6.67. The van der Waals surface area contributed by atoms with Gasteiger partial charge in [0, 0.05) is 18.0 Å². The van der Waals surface area contributed by atoms with Crippen molar-refractivity contribution in [1.29, 1.82) is 0 Å². The van der Waals surface area contributed by atoms with Crippen molar-refractivity contribution in [3.05, 3.63) is 70.7 Å². The Morgan fingerprint density at radius 3 is 2.45 bits per heavy atom. The second kappa shape index (κ2) is 9.69. The summed E-state index contributed by atoms with van der Waals surface area (Å²) in [6.07, 6.45) is -4.56. The summed E-state index contributed by atoms with van der Waals surface area (Å²) in [5.41, 5.74) is 5.07. The quantitative estimate of drug-likeness (QED) is 0.499. The van der Waals surface area contributed by atoms with Crippen molar-refractivity contribution in [1.82, 2.24) is 4.98 Å². The highest BCUT2D eigenvalue weighted by molar-refractivity contribution is 7.14. The van der Waals surface area contributed by atoms with Crippen LogP contribution in [0.5, 0.6) is 0 Å². The fourth-order valence-corrected chi connectivity index (χ4v) is 3.64. The van der Waals surface area contributed by atoms with E-state index in [9.17, 15) is 27.6 Å². The molecule has 3 N–H and O–H groups in total. The molecule has 3 amide bonds. The average molecular weight is 478 g/mol. The third kappa shape index (κ3) is 6.07. The first-order chi connectivity index (χ1) is 15.5. The van der Waals surface area contributed by atoms with Gasteiger partial charge in [0.2, 0.25) is 5.91 Å². The number of rotatable bonds is 6. The van der Waals surface area contributed by atoms with Gasteiger partial charge in [-0.05, 0) is 42.5 Å². The standard InChI is InChI=1S/C21H17F3N4O4S/c1-12(29)28(17-4-2-3-14(9-17)21(22,23)24)20-27-16(11-33-20)10-32-18(30)13-5-7-15(8-6-13)26-19(25)31/h2-9,11H,10H2,1H3,(H3,25,26,31). The maximum absolute atomic E-state index is 13.0. The van der Waals surface area contributed by atoms with Gasteiger partial charge in [-0.3, -0.25) is 9.69 Å². The van der Waals surface area contributed by atoms with Crippen molar-refractivity contribution in [3.8, 4) is 0 Å². The number of nitrogens with one attached hydrogen (secondary N) is 1. The summed E-state index contributed by atoms with van der Waals surface area (Å²) >= 11 is 1.02. The number of hydrogen-bond acceptors (Lipinski definition) is 6. The van der Waals surface area contributed by atoms with E-state index in [4.69, 9.17) is 10.5 Å². The lowest BCUT2D eigenvalue weighted by molar-refractivity contribution is -0.137. The summed E-state index contributed by atoms with van der Waals surface area (Å²) in [4.78, 5) is 40.5. The van der Waals surface area contributed by atoms with Crippen LogP contribution in [0.1, 0.15) is 28.5 Å². The van der Waals surface area contributed by atoms with Gasteiger partial charge in [-0.1, -0.05) is 6.07 Å². The van der Waals surface area contributed by atoms with E-state index in [-0.39, 0.29) is 23.0 Å². The molecule has 0 aliphatic heterocycles. The summed E-state index contributed by atoms with van der Waals surface area (Å²) in [6.45, 7) is 0.989. The molecule has 0 spiro atoms. The normalized spacial score (nSPS) is 11.0. The molecule has 8 nitrogen and oxygen atoms in total. The van der Waals surface area contributed by atoms with Gasteiger partial charge in [-0.2, -0.15) is 13.2 Å². The van der Waals surface area contributed by atoms with Gasteiger partial charge in [0.05, 0.1) is 22.5 Å². The Morgan fingerprint density at radius 1 is 1.15 bits per heavy atom. The van der Waals surface area contributed by atoms with E-state index >= 15 is 0 Å². The van der Waals surface area contributed by atoms with E-state index in [0.29, 0.717) is 11.4 Å². The number of benzene rings is 2. The number of alkyl halides is 3. The third-order valence-corrected chi connectivity index (χ3v) is 5.09. The Kier molecular flexibility index (Phi) is 6.97. The first kappa shape index (κ1) is 23.7.